The van der Waals surface area contributed by atoms with Gasteiger partial charge in [0.2, 0.25) is 5.16 Å². The van der Waals surface area contributed by atoms with E-state index >= 15 is 0 Å². The maximum absolute atomic E-state index is 4.37. The molecule has 0 fully saturated rings. The Hall–Kier alpha value is -0.510. The number of hydrogen-bond acceptors (Lipinski definition) is 3. The number of nitrogens with one attached hydrogen (secondary N) is 1. The number of thioether (sulfide) groups is 1. The molecular weight excluding hydrogens is 182 g/mol. The molecule has 0 amide bonds. The second-order valence-electron chi connectivity index (χ2n) is 3.52. The van der Waals surface area contributed by atoms with Gasteiger partial charge in [0, 0.05) is 12.2 Å². The van der Waals surface area contributed by atoms with Crippen LogP contribution in [0.25, 0.3) is 0 Å². The molecule has 1 rings (SSSR count). The third-order valence-electron chi connectivity index (χ3n) is 1.54. The van der Waals surface area contributed by atoms with Gasteiger partial charge in [-0.1, -0.05) is 32.5 Å². The summed E-state index contributed by atoms with van der Waals surface area (Å²) < 4.78 is 0. The van der Waals surface area contributed by atoms with Gasteiger partial charge < -0.3 is 0 Å². The molecule has 13 heavy (non-hydrogen) atoms. The highest BCUT2D eigenvalue weighted by Gasteiger charge is 2.03. The Kier molecular flexibility index (Phi) is 4.28. The van der Waals surface area contributed by atoms with Crippen LogP contribution in [0, 0.1) is 5.92 Å². The van der Waals surface area contributed by atoms with E-state index in [2.05, 4.69) is 36.0 Å². The smallest absolute Gasteiger partial charge is 0.208 e. The Balaban J connectivity index is 2.39. The number of aromatic nitrogens is 3. The van der Waals surface area contributed by atoms with Gasteiger partial charge in [-0.25, -0.2) is 4.98 Å². The van der Waals surface area contributed by atoms with E-state index in [1.807, 2.05) is 0 Å². The normalized spacial score (nSPS) is 11.1. The Morgan fingerprint density at radius 3 is 2.85 bits per heavy atom. The van der Waals surface area contributed by atoms with E-state index in [4.69, 9.17) is 0 Å². The van der Waals surface area contributed by atoms with E-state index in [1.54, 1.807) is 11.8 Å². The van der Waals surface area contributed by atoms with Gasteiger partial charge in [0.1, 0.15) is 5.82 Å². The van der Waals surface area contributed by atoms with Crippen molar-refractivity contribution in [1.82, 2.24) is 15.2 Å². The first kappa shape index (κ1) is 10.6. The van der Waals surface area contributed by atoms with Crippen molar-refractivity contribution in [3.05, 3.63) is 5.82 Å². The highest BCUT2D eigenvalue weighted by molar-refractivity contribution is 7.99. The van der Waals surface area contributed by atoms with Crippen molar-refractivity contribution in [2.45, 2.75) is 38.8 Å². The SMILES string of the molecule is CCCc1nc(SCC(C)C)n[nH]1. The molecule has 0 bridgehead atoms. The summed E-state index contributed by atoms with van der Waals surface area (Å²) in [6.45, 7) is 6.54. The number of hydrogen-bond donors (Lipinski definition) is 1. The average molecular weight is 199 g/mol. The largest absolute Gasteiger partial charge is 0.262 e. The van der Waals surface area contributed by atoms with Crippen LogP contribution in [0.1, 0.15) is 33.0 Å². The molecule has 0 aliphatic carbocycles. The average Bonchev–Trinajstić information content (AvgIpc) is 2.50. The molecule has 0 saturated carbocycles. The Morgan fingerprint density at radius 2 is 2.23 bits per heavy atom. The van der Waals surface area contributed by atoms with Gasteiger partial charge in [-0.2, -0.15) is 0 Å². The molecule has 1 heterocycles. The van der Waals surface area contributed by atoms with Gasteiger partial charge >= 0.3 is 0 Å². The monoisotopic (exact) mass is 199 g/mol. The minimum atomic E-state index is 0.693. The third kappa shape index (κ3) is 3.81. The summed E-state index contributed by atoms with van der Waals surface area (Å²) in [6.07, 6.45) is 2.11. The lowest BCUT2D eigenvalue weighted by Crippen LogP contribution is -1.91. The lowest BCUT2D eigenvalue weighted by molar-refractivity contribution is 0.748. The summed E-state index contributed by atoms with van der Waals surface area (Å²) in [4.78, 5) is 4.37. The minimum Gasteiger partial charge on any atom is -0.262 e. The first-order chi connectivity index (χ1) is 6.22. The zero-order chi connectivity index (χ0) is 9.68. The maximum atomic E-state index is 4.37. The number of aromatic amines is 1. The summed E-state index contributed by atoms with van der Waals surface area (Å²) in [5.74, 6) is 2.79. The van der Waals surface area contributed by atoms with Gasteiger partial charge in [0.05, 0.1) is 0 Å². The standard InChI is InChI=1S/C9H17N3S/c1-4-5-8-10-9(12-11-8)13-6-7(2)3/h7H,4-6H2,1-3H3,(H,10,11,12). The third-order valence-corrected chi connectivity index (χ3v) is 2.82. The Bertz CT molecular complexity index is 245. The predicted octanol–water partition coefficient (Wildman–Crippen LogP) is 2.51. The fourth-order valence-corrected chi connectivity index (χ4v) is 1.70. The number of rotatable bonds is 5. The quantitative estimate of drug-likeness (QED) is 0.741. The summed E-state index contributed by atoms with van der Waals surface area (Å²) in [5, 5.41) is 7.97. The molecule has 0 spiro atoms. The lowest BCUT2D eigenvalue weighted by atomic mass is 10.3. The molecule has 1 aromatic rings. The van der Waals surface area contributed by atoms with Crippen molar-refractivity contribution >= 4 is 11.8 Å². The van der Waals surface area contributed by atoms with Crippen LogP contribution >= 0.6 is 11.8 Å². The predicted molar refractivity (Wildman–Crippen MR) is 55.9 cm³/mol. The van der Waals surface area contributed by atoms with Gasteiger partial charge in [-0.3, -0.25) is 5.10 Å². The molecule has 1 aromatic heterocycles. The number of aryl methyl sites for hydroxylation is 1. The highest BCUT2D eigenvalue weighted by atomic mass is 32.2. The second kappa shape index (κ2) is 5.27. The van der Waals surface area contributed by atoms with Crippen molar-refractivity contribution in [3.63, 3.8) is 0 Å². The van der Waals surface area contributed by atoms with Crippen LogP contribution < -0.4 is 0 Å². The zero-order valence-corrected chi connectivity index (χ0v) is 9.32. The number of H-pyrrole nitrogens is 1. The van der Waals surface area contributed by atoms with Crippen LogP contribution in [0.5, 0.6) is 0 Å². The summed E-state index contributed by atoms with van der Waals surface area (Å²) >= 11 is 1.72. The molecule has 0 saturated heterocycles. The topological polar surface area (TPSA) is 41.6 Å². The zero-order valence-electron chi connectivity index (χ0n) is 8.50. The summed E-state index contributed by atoms with van der Waals surface area (Å²) in [7, 11) is 0. The first-order valence-electron chi connectivity index (χ1n) is 4.76. The summed E-state index contributed by atoms with van der Waals surface area (Å²) in [5.41, 5.74) is 0. The van der Waals surface area contributed by atoms with Crippen molar-refractivity contribution in [1.29, 1.82) is 0 Å². The molecule has 0 atom stereocenters. The van der Waals surface area contributed by atoms with E-state index in [0.29, 0.717) is 5.92 Å². The van der Waals surface area contributed by atoms with Crippen LogP contribution in [0.2, 0.25) is 0 Å². The molecule has 74 valence electrons. The van der Waals surface area contributed by atoms with Crippen LogP contribution in [0.4, 0.5) is 0 Å². The molecule has 1 N–H and O–H groups in total. The fraction of sp³-hybridized carbons (Fsp3) is 0.778. The fourth-order valence-electron chi connectivity index (χ4n) is 0.932. The lowest BCUT2D eigenvalue weighted by Gasteiger charge is -1.98. The molecule has 0 aromatic carbocycles. The molecule has 3 nitrogen and oxygen atoms in total. The molecular formula is C9H17N3S. The van der Waals surface area contributed by atoms with Gasteiger partial charge in [0.25, 0.3) is 0 Å². The van der Waals surface area contributed by atoms with Crippen LogP contribution in [0.15, 0.2) is 5.16 Å². The maximum Gasteiger partial charge on any atom is 0.208 e. The van der Waals surface area contributed by atoms with Crippen molar-refractivity contribution in [2.24, 2.45) is 5.92 Å². The van der Waals surface area contributed by atoms with Gasteiger partial charge in [-0.05, 0) is 12.3 Å². The molecule has 0 unspecified atom stereocenters. The van der Waals surface area contributed by atoms with Crippen LogP contribution in [-0.4, -0.2) is 20.9 Å². The van der Waals surface area contributed by atoms with Crippen molar-refractivity contribution < 1.29 is 0 Å². The van der Waals surface area contributed by atoms with E-state index in [9.17, 15) is 0 Å². The van der Waals surface area contributed by atoms with E-state index in [1.165, 1.54) is 0 Å². The summed E-state index contributed by atoms with van der Waals surface area (Å²) in [6, 6.07) is 0. The Morgan fingerprint density at radius 1 is 1.46 bits per heavy atom. The van der Waals surface area contributed by atoms with Gasteiger partial charge in [0.15, 0.2) is 0 Å². The number of nitrogens with zero attached hydrogens (tertiary/aromatic N) is 2. The van der Waals surface area contributed by atoms with Crippen molar-refractivity contribution in [3.8, 4) is 0 Å². The van der Waals surface area contributed by atoms with Crippen LogP contribution in [0.3, 0.4) is 0 Å². The van der Waals surface area contributed by atoms with Gasteiger partial charge in [-0.15, -0.1) is 5.10 Å². The highest BCUT2D eigenvalue weighted by Crippen LogP contribution is 2.15. The first-order valence-corrected chi connectivity index (χ1v) is 5.75. The van der Waals surface area contributed by atoms with E-state index in [-0.39, 0.29) is 0 Å². The Labute approximate surface area is 83.7 Å². The molecule has 0 aliphatic rings. The minimum absolute atomic E-state index is 0.693. The van der Waals surface area contributed by atoms with Crippen LogP contribution in [-0.2, 0) is 6.42 Å². The van der Waals surface area contributed by atoms with Crippen molar-refractivity contribution in [2.75, 3.05) is 5.75 Å². The molecule has 4 heteroatoms. The molecule has 0 aliphatic heterocycles. The second-order valence-corrected chi connectivity index (χ2v) is 4.51. The molecule has 0 radical (unpaired) electrons. The van der Waals surface area contributed by atoms with E-state index in [0.717, 1.165) is 29.6 Å². The van der Waals surface area contributed by atoms with E-state index < -0.39 is 0 Å².